The molecule has 4 heterocycles. The molecule has 12 heteroatoms. The van der Waals surface area contributed by atoms with E-state index in [1.54, 1.807) is 24.3 Å². The van der Waals surface area contributed by atoms with E-state index in [0.717, 1.165) is 86.9 Å². The van der Waals surface area contributed by atoms with Crippen LogP contribution in [0.25, 0.3) is 74.0 Å². The van der Waals surface area contributed by atoms with Crippen molar-refractivity contribution < 1.29 is 0 Å². The van der Waals surface area contributed by atoms with Crippen LogP contribution in [0.5, 0.6) is 0 Å². The molecule has 0 radical (unpaired) electrons. The average molecular weight is 803 g/mol. The van der Waals surface area contributed by atoms with Crippen molar-refractivity contribution in [3.8, 4) is 24.3 Å². The highest BCUT2D eigenvalue weighted by atomic mass is 32.1. The smallest absolute Gasteiger partial charge is 0.262 e. The molecule has 8 rings (SSSR count). The maximum atomic E-state index is 15.0. The van der Waals surface area contributed by atoms with Crippen molar-refractivity contribution in [1.29, 1.82) is 21.0 Å². The normalized spacial score (nSPS) is 11.8. The molecule has 0 spiro atoms. The Balaban J connectivity index is 1.60. The van der Waals surface area contributed by atoms with E-state index in [-0.39, 0.29) is 56.5 Å². The minimum absolute atomic E-state index is 0.0654. The number of hydrogen-bond donors (Lipinski definition) is 0. The van der Waals surface area contributed by atoms with Gasteiger partial charge in [-0.25, -0.2) is 0 Å². The van der Waals surface area contributed by atoms with Crippen molar-refractivity contribution in [2.24, 2.45) is 0 Å². The number of benzene rings is 4. The van der Waals surface area contributed by atoms with E-state index in [9.17, 15) is 40.2 Å². The molecule has 0 saturated carbocycles. The first-order chi connectivity index (χ1) is 28.2. The lowest BCUT2D eigenvalue weighted by molar-refractivity contribution is 0.548. The van der Waals surface area contributed by atoms with Crippen LogP contribution >= 0.6 is 22.7 Å². The van der Waals surface area contributed by atoms with Crippen LogP contribution in [0.2, 0.25) is 0 Å². The summed E-state index contributed by atoms with van der Waals surface area (Å²) in [5.41, 5.74) is -1.68. The van der Waals surface area contributed by atoms with Crippen LogP contribution in [0.3, 0.4) is 0 Å². The number of unbranched alkanes of at least 4 members (excludes halogenated alkanes) is 10. The van der Waals surface area contributed by atoms with Crippen molar-refractivity contribution in [1.82, 2.24) is 9.13 Å². The van der Waals surface area contributed by atoms with Gasteiger partial charge in [-0.15, -0.1) is 22.7 Å². The molecular weight excluding hydrogens is 765 g/mol. The standard InChI is InChI=1S/C46H38N6O4S2/c1-3-5-7-9-11-13-15-51-43(53)37-33-29(17-25(21-47)41-31(33)19-27(23-49)57-41)36-35(39(37)45(51)55)30-18-26(22-48)42-32(20-28(24-50)58-42)34(30)38-40(36)46(56)52(44(38)54)16-14-12-10-8-6-4-2/h17-20H,3-16H2,1-2H3. The van der Waals surface area contributed by atoms with Gasteiger partial charge in [-0.3, -0.25) is 28.3 Å². The maximum Gasteiger partial charge on any atom is 0.262 e. The molecule has 0 atom stereocenters. The predicted molar refractivity (Wildman–Crippen MR) is 234 cm³/mol. The molecule has 4 aromatic heterocycles. The van der Waals surface area contributed by atoms with Gasteiger partial charge in [0.2, 0.25) is 0 Å². The summed E-state index contributed by atoms with van der Waals surface area (Å²) in [5, 5.41) is 44.1. The van der Waals surface area contributed by atoms with Crippen molar-refractivity contribution in [3.05, 3.63) is 86.6 Å². The van der Waals surface area contributed by atoms with Crippen LogP contribution < -0.4 is 22.2 Å². The number of hydrogen-bond acceptors (Lipinski definition) is 10. The largest absolute Gasteiger partial charge is 0.274 e. The molecule has 0 fully saturated rings. The number of nitrogens with zero attached hydrogens (tertiary/aromatic N) is 6. The summed E-state index contributed by atoms with van der Waals surface area (Å²) in [7, 11) is 0. The van der Waals surface area contributed by atoms with Gasteiger partial charge in [0.15, 0.2) is 0 Å². The van der Waals surface area contributed by atoms with Gasteiger partial charge in [0.1, 0.15) is 34.0 Å². The second-order valence-corrected chi connectivity index (χ2v) is 17.3. The topological polar surface area (TPSA) is 173 Å². The fraction of sp³-hybridized carbons (Fsp3) is 0.348. The fourth-order valence-electron chi connectivity index (χ4n) is 8.99. The first-order valence-electron chi connectivity index (χ1n) is 20.0. The van der Waals surface area contributed by atoms with Crippen LogP contribution in [0.15, 0.2) is 43.4 Å². The lowest BCUT2D eigenvalue weighted by Gasteiger charge is -2.13. The summed E-state index contributed by atoms with van der Waals surface area (Å²) in [6.07, 6.45) is 11.2. The average Bonchev–Trinajstić information content (AvgIpc) is 3.99. The molecule has 4 aromatic carbocycles. The third-order valence-corrected chi connectivity index (χ3v) is 13.8. The van der Waals surface area contributed by atoms with Crippen molar-refractivity contribution in [2.75, 3.05) is 0 Å². The van der Waals surface area contributed by atoms with E-state index >= 15 is 0 Å². The van der Waals surface area contributed by atoms with Crippen LogP contribution in [0.4, 0.5) is 0 Å². The molecule has 288 valence electrons. The van der Waals surface area contributed by atoms with Gasteiger partial charge in [0.25, 0.3) is 22.2 Å². The van der Waals surface area contributed by atoms with Gasteiger partial charge >= 0.3 is 0 Å². The Morgan fingerprint density at radius 2 is 0.776 bits per heavy atom. The maximum absolute atomic E-state index is 15.0. The zero-order chi connectivity index (χ0) is 40.8. The molecule has 58 heavy (non-hydrogen) atoms. The van der Waals surface area contributed by atoms with Gasteiger partial charge in [-0.05, 0) is 47.9 Å². The van der Waals surface area contributed by atoms with Crippen molar-refractivity contribution in [3.63, 3.8) is 0 Å². The lowest BCUT2D eigenvalue weighted by Crippen LogP contribution is -2.25. The van der Waals surface area contributed by atoms with Crippen LogP contribution in [-0.2, 0) is 13.1 Å². The number of fused-ring (bicyclic) bond motifs is 15. The Kier molecular flexibility index (Phi) is 10.4. The molecule has 0 amide bonds. The third kappa shape index (κ3) is 5.90. The molecule has 0 unspecified atom stereocenters. The summed E-state index contributed by atoms with van der Waals surface area (Å²) in [6, 6.07) is 15.3. The summed E-state index contributed by atoms with van der Waals surface area (Å²) < 4.78 is 3.46. The molecule has 0 aliphatic carbocycles. The minimum atomic E-state index is -0.544. The van der Waals surface area contributed by atoms with Gasteiger partial charge in [0, 0.05) is 45.4 Å². The molecule has 8 aromatic rings. The highest BCUT2D eigenvalue weighted by Gasteiger charge is 2.30. The summed E-state index contributed by atoms with van der Waals surface area (Å²) >= 11 is 2.22. The number of rotatable bonds is 14. The van der Waals surface area contributed by atoms with Gasteiger partial charge in [-0.2, -0.15) is 21.0 Å². The lowest BCUT2D eigenvalue weighted by atomic mass is 9.86. The highest BCUT2D eigenvalue weighted by Crippen LogP contribution is 2.48. The van der Waals surface area contributed by atoms with Crippen molar-refractivity contribution >= 4 is 96.7 Å². The minimum Gasteiger partial charge on any atom is -0.274 e. The zero-order valence-corrected chi connectivity index (χ0v) is 34.0. The first-order valence-corrected chi connectivity index (χ1v) is 21.7. The van der Waals surface area contributed by atoms with E-state index in [1.165, 1.54) is 9.13 Å². The monoisotopic (exact) mass is 802 g/mol. The number of nitriles is 4. The quantitative estimate of drug-likeness (QED) is 0.0771. The summed E-state index contributed by atoms with van der Waals surface area (Å²) in [6.45, 7) is 4.62. The Bertz CT molecular complexity index is 3190. The zero-order valence-electron chi connectivity index (χ0n) is 32.3. The SMILES string of the molecule is CCCCCCCCn1c(=O)c2c(c1=O)c1c3cc(C#N)c4sc(C#N)cc4c3c3c(=O)n(CCCCCCCC)c(=O)c3c1c1cc(C#N)c3sc(C#N)cc3c12. The molecule has 0 saturated heterocycles. The molecule has 10 nitrogen and oxygen atoms in total. The van der Waals surface area contributed by atoms with Crippen LogP contribution in [0, 0.1) is 45.3 Å². The van der Waals surface area contributed by atoms with Gasteiger partial charge in [-0.1, -0.05) is 78.1 Å². The molecule has 0 aliphatic heterocycles. The van der Waals surface area contributed by atoms with Crippen LogP contribution in [0.1, 0.15) is 112 Å². The van der Waals surface area contributed by atoms with E-state index in [2.05, 4.69) is 38.1 Å². The van der Waals surface area contributed by atoms with E-state index < -0.39 is 22.2 Å². The number of thiophene rings is 2. The Morgan fingerprint density at radius 3 is 1.12 bits per heavy atom. The van der Waals surface area contributed by atoms with Crippen molar-refractivity contribution in [2.45, 2.75) is 104 Å². The molecule has 0 N–H and O–H groups in total. The first kappa shape index (κ1) is 38.7. The molecule has 0 bridgehead atoms. The second kappa shape index (κ2) is 15.6. The van der Waals surface area contributed by atoms with E-state index in [1.807, 2.05) is 0 Å². The summed E-state index contributed by atoms with van der Waals surface area (Å²) in [4.78, 5) is 60.1. The predicted octanol–water partition coefficient (Wildman–Crippen LogP) is 10.0. The molecular formula is C46H38N6O4S2. The van der Waals surface area contributed by atoms with Gasteiger partial charge in [0.05, 0.1) is 42.1 Å². The summed E-state index contributed by atoms with van der Waals surface area (Å²) in [5.74, 6) is 0. The number of aromatic nitrogens is 2. The Morgan fingerprint density at radius 1 is 0.431 bits per heavy atom. The Labute approximate surface area is 340 Å². The third-order valence-electron chi connectivity index (χ3n) is 11.7. The van der Waals surface area contributed by atoms with E-state index in [4.69, 9.17) is 0 Å². The van der Waals surface area contributed by atoms with Crippen LogP contribution in [-0.4, -0.2) is 9.13 Å². The Hall–Kier alpha value is -6.18. The van der Waals surface area contributed by atoms with Gasteiger partial charge < -0.3 is 0 Å². The fourth-order valence-corrected chi connectivity index (χ4v) is 10.8. The second-order valence-electron chi connectivity index (χ2n) is 15.2. The highest BCUT2D eigenvalue weighted by molar-refractivity contribution is 7.20. The molecule has 0 aliphatic rings. The van der Waals surface area contributed by atoms with E-state index in [0.29, 0.717) is 64.3 Å².